The van der Waals surface area contributed by atoms with Crippen molar-refractivity contribution in [2.24, 2.45) is 0 Å². The molecule has 2 aromatic rings. The minimum absolute atomic E-state index is 0.249. The highest BCUT2D eigenvalue weighted by atomic mass is 16.5. The molecule has 0 aliphatic rings. The quantitative estimate of drug-likeness (QED) is 0.580. The van der Waals surface area contributed by atoms with Crippen molar-refractivity contribution in [1.29, 1.82) is 0 Å². The van der Waals surface area contributed by atoms with Gasteiger partial charge in [-0.3, -0.25) is 4.79 Å². The molecule has 4 heteroatoms. The van der Waals surface area contributed by atoms with Gasteiger partial charge in [0.25, 0.3) is 0 Å². The second-order valence-electron chi connectivity index (χ2n) is 5.36. The summed E-state index contributed by atoms with van der Waals surface area (Å²) in [7, 11) is 1.38. The van der Waals surface area contributed by atoms with Crippen molar-refractivity contribution >= 4 is 5.97 Å². The van der Waals surface area contributed by atoms with E-state index in [0.717, 1.165) is 22.6 Å². The molecule has 0 spiro atoms. The lowest BCUT2D eigenvalue weighted by molar-refractivity contribution is -0.139. The first-order valence-electron chi connectivity index (χ1n) is 7.57. The predicted molar refractivity (Wildman–Crippen MR) is 89.1 cm³/mol. The summed E-state index contributed by atoms with van der Waals surface area (Å²) in [5.41, 5.74) is 3.19. The summed E-state index contributed by atoms with van der Waals surface area (Å²) in [5, 5.41) is 0. The van der Waals surface area contributed by atoms with Crippen molar-refractivity contribution in [2.75, 3.05) is 20.3 Å². The van der Waals surface area contributed by atoms with Crippen LogP contribution in [0.15, 0.2) is 42.5 Å². The van der Waals surface area contributed by atoms with E-state index in [1.54, 1.807) is 0 Å². The maximum absolute atomic E-state index is 11.2. The van der Waals surface area contributed by atoms with Gasteiger partial charge in [0.05, 0.1) is 13.5 Å². The Morgan fingerprint density at radius 3 is 2.35 bits per heavy atom. The summed E-state index contributed by atoms with van der Waals surface area (Å²) in [4.78, 5) is 11.2. The number of methoxy groups -OCH3 is 1. The van der Waals surface area contributed by atoms with Gasteiger partial charge in [-0.2, -0.15) is 0 Å². The minimum atomic E-state index is -0.249. The van der Waals surface area contributed by atoms with Gasteiger partial charge in [-0.15, -0.1) is 0 Å². The maximum atomic E-state index is 11.2. The largest absolute Gasteiger partial charge is 0.490 e. The van der Waals surface area contributed by atoms with Crippen LogP contribution in [-0.2, 0) is 16.0 Å². The molecule has 0 unspecified atom stereocenters. The Kier molecular flexibility index (Phi) is 6.03. The standard InChI is InChI=1S/C19H22O4/c1-14-4-5-15(2)18(12-14)23-11-10-22-17-8-6-16(7-9-17)13-19(20)21-3/h4-9,12H,10-11,13H2,1-3H3. The van der Waals surface area contributed by atoms with Gasteiger partial charge in [-0.1, -0.05) is 24.3 Å². The fourth-order valence-electron chi connectivity index (χ4n) is 2.12. The lowest BCUT2D eigenvalue weighted by Crippen LogP contribution is -2.10. The fraction of sp³-hybridized carbons (Fsp3) is 0.316. The molecule has 122 valence electrons. The van der Waals surface area contributed by atoms with Crippen LogP contribution in [-0.4, -0.2) is 26.3 Å². The number of hydrogen-bond donors (Lipinski definition) is 0. The van der Waals surface area contributed by atoms with Crippen LogP contribution in [0.4, 0.5) is 0 Å². The first-order chi connectivity index (χ1) is 11.1. The van der Waals surface area contributed by atoms with Crippen LogP contribution in [0.25, 0.3) is 0 Å². The van der Waals surface area contributed by atoms with Crippen LogP contribution in [0, 0.1) is 13.8 Å². The summed E-state index contributed by atoms with van der Waals surface area (Å²) >= 11 is 0. The molecule has 0 aromatic heterocycles. The van der Waals surface area contributed by atoms with Gasteiger partial charge in [0, 0.05) is 0 Å². The van der Waals surface area contributed by atoms with Crippen LogP contribution in [0.5, 0.6) is 11.5 Å². The normalized spacial score (nSPS) is 10.2. The molecule has 0 aliphatic heterocycles. The van der Waals surface area contributed by atoms with Gasteiger partial charge in [-0.05, 0) is 48.7 Å². The highest BCUT2D eigenvalue weighted by Crippen LogP contribution is 2.19. The summed E-state index contributed by atoms with van der Waals surface area (Å²) in [5.74, 6) is 1.39. The Hall–Kier alpha value is -2.49. The van der Waals surface area contributed by atoms with Crippen LogP contribution in [0.1, 0.15) is 16.7 Å². The monoisotopic (exact) mass is 314 g/mol. The average molecular weight is 314 g/mol. The van der Waals surface area contributed by atoms with Gasteiger partial charge in [0.2, 0.25) is 0 Å². The summed E-state index contributed by atoms with van der Waals surface area (Å²) in [6.45, 7) is 5.01. The molecule has 2 aromatic carbocycles. The molecule has 0 radical (unpaired) electrons. The van der Waals surface area contributed by atoms with Crippen molar-refractivity contribution in [3.05, 3.63) is 59.2 Å². The molecule has 0 saturated carbocycles. The second-order valence-corrected chi connectivity index (χ2v) is 5.36. The fourth-order valence-corrected chi connectivity index (χ4v) is 2.12. The van der Waals surface area contributed by atoms with E-state index in [-0.39, 0.29) is 12.4 Å². The third-order valence-corrected chi connectivity index (χ3v) is 3.45. The summed E-state index contributed by atoms with van der Waals surface area (Å²) < 4.78 is 16.0. The van der Waals surface area contributed by atoms with E-state index in [2.05, 4.69) is 10.8 Å². The smallest absolute Gasteiger partial charge is 0.309 e. The molecule has 0 bridgehead atoms. The van der Waals surface area contributed by atoms with E-state index < -0.39 is 0 Å². The zero-order valence-electron chi connectivity index (χ0n) is 13.8. The first kappa shape index (κ1) is 16.9. The van der Waals surface area contributed by atoms with Crippen LogP contribution >= 0.6 is 0 Å². The molecule has 0 amide bonds. The Bertz CT molecular complexity index is 647. The molecule has 0 heterocycles. The minimum Gasteiger partial charge on any atom is -0.490 e. The molecular formula is C19H22O4. The third kappa shape index (κ3) is 5.33. The van der Waals surface area contributed by atoms with Crippen LogP contribution in [0.3, 0.4) is 0 Å². The number of carbonyl (C=O) groups is 1. The number of ether oxygens (including phenoxy) is 3. The summed E-state index contributed by atoms with van der Waals surface area (Å²) in [6.07, 6.45) is 0.270. The Morgan fingerprint density at radius 2 is 1.65 bits per heavy atom. The lowest BCUT2D eigenvalue weighted by Gasteiger charge is -2.11. The Balaban J connectivity index is 1.78. The Labute approximate surface area is 137 Å². The van der Waals surface area contributed by atoms with Crippen LogP contribution < -0.4 is 9.47 Å². The third-order valence-electron chi connectivity index (χ3n) is 3.45. The number of aryl methyl sites for hydroxylation is 2. The van der Waals surface area contributed by atoms with E-state index in [0.29, 0.717) is 13.2 Å². The van der Waals surface area contributed by atoms with E-state index >= 15 is 0 Å². The molecular weight excluding hydrogens is 292 g/mol. The van der Waals surface area contributed by atoms with Crippen molar-refractivity contribution in [3.8, 4) is 11.5 Å². The van der Waals surface area contributed by atoms with Crippen molar-refractivity contribution in [2.45, 2.75) is 20.3 Å². The number of carbonyl (C=O) groups excluding carboxylic acids is 1. The van der Waals surface area contributed by atoms with Crippen molar-refractivity contribution in [1.82, 2.24) is 0 Å². The van der Waals surface area contributed by atoms with E-state index in [1.165, 1.54) is 12.7 Å². The molecule has 0 N–H and O–H groups in total. The molecule has 4 nitrogen and oxygen atoms in total. The van der Waals surface area contributed by atoms with Crippen molar-refractivity contribution < 1.29 is 19.0 Å². The first-order valence-corrected chi connectivity index (χ1v) is 7.57. The highest BCUT2D eigenvalue weighted by Gasteiger charge is 2.03. The van der Waals surface area contributed by atoms with Gasteiger partial charge in [0.1, 0.15) is 24.7 Å². The molecule has 0 aliphatic carbocycles. The van der Waals surface area contributed by atoms with Gasteiger partial charge >= 0.3 is 5.97 Å². The predicted octanol–water partition coefficient (Wildman–Crippen LogP) is 3.48. The van der Waals surface area contributed by atoms with E-state index in [1.807, 2.05) is 50.2 Å². The van der Waals surface area contributed by atoms with Crippen molar-refractivity contribution in [3.63, 3.8) is 0 Å². The molecule has 23 heavy (non-hydrogen) atoms. The SMILES string of the molecule is COC(=O)Cc1ccc(OCCOc2cc(C)ccc2C)cc1. The second kappa shape index (κ2) is 8.22. The van der Waals surface area contributed by atoms with Gasteiger partial charge in [-0.25, -0.2) is 0 Å². The molecule has 2 rings (SSSR count). The number of hydrogen-bond acceptors (Lipinski definition) is 4. The van der Waals surface area contributed by atoms with Crippen LogP contribution in [0.2, 0.25) is 0 Å². The zero-order valence-corrected chi connectivity index (χ0v) is 13.8. The molecule has 0 atom stereocenters. The van der Waals surface area contributed by atoms with Gasteiger partial charge < -0.3 is 14.2 Å². The lowest BCUT2D eigenvalue weighted by atomic mass is 10.1. The van der Waals surface area contributed by atoms with E-state index in [4.69, 9.17) is 9.47 Å². The molecule has 0 fully saturated rings. The number of rotatable bonds is 7. The average Bonchev–Trinajstić information content (AvgIpc) is 2.56. The molecule has 0 saturated heterocycles. The van der Waals surface area contributed by atoms with E-state index in [9.17, 15) is 4.79 Å². The maximum Gasteiger partial charge on any atom is 0.309 e. The van der Waals surface area contributed by atoms with Gasteiger partial charge in [0.15, 0.2) is 0 Å². The summed E-state index contributed by atoms with van der Waals surface area (Å²) in [6, 6.07) is 13.5. The number of esters is 1. The zero-order chi connectivity index (χ0) is 16.7. The Morgan fingerprint density at radius 1 is 0.957 bits per heavy atom. The highest BCUT2D eigenvalue weighted by molar-refractivity contribution is 5.72. The topological polar surface area (TPSA) is 44.8 Å². The number of benzene rings is 2.